The van der Waals surface area contributed by atoms with Crippen molar-refractivity contribution in [2.45, 2.75) is 6.04 Å². The van der Waals surface area contributed by atoms with Gasteiger partial charge in [-0.1, -0.05) is 60.7 Å². The maximum atomic E-state index is 11.4. The van der Waals surface area contributed by atoms with Gasteiger partial charge in [0.25, 0.3) is 0 Å². The molecule has 2 aromatic carbocycles. The molecule has 0 aliphatic carbocycles. The minimum atomic E-state index is -0.982. The Morgan fingerprint density at radius 3 is 1.85 bits per heavy atom. The van der Waals surface area contributed by atoms with Crippen LogP contribution in [-0.4, -0.2) is 25.6 Å². The van der Waals surface area contributed by atoms with Crippen LogP contribution in [0.15, 0.2) is 97.7 Å². The second-order valence-corrected chi connectivity index (χ2v) is 5.60. The summed E-state index contributed by atoms with van der Waals surface area (Å²) in [7, 11) is 0. The Labute approximate surface area is 151 Å². The lowest BCUT2D eigenvalue weighted by Crippen LogP contribution is -2.16. The number of H-pyrrole nitrogens is 1. The summed E-state index contributed by atoms with van der Waals surface area (Å²) in [5, 5.41) is 9.34. The van der Waals surface area contributed by atoms with Crippen LogP contribution in [0.4, 0.5) is 0 Å². The van der Waals surface area contributed by atoms with Gasteiger partial charge in [-0.3, -0.25) is 0 Å². The van der Waals surface area contributed by atoms with Crippen molar-refractivity contribution in [3.63, 3.8) is 0 Å². The first-order valence-corrected chi connectivity index (χ1v) is 8.20. The molecule has 0 radical (unpaired) electrons. The molecule has 0 spiro atoms. The van der Waals surface area contributed by atoms with Crippen LogP contribution in [0.5, 0.6) is 0 Å². The SMILES string of the molecule is O=C(O)c1cncn1C(c1ccccc1)c1ccccc1.c1cc[nH]c1. The lowest BCUT2D eigenvalue weighted by atomic mass is 9.98. The minimum absolute atomic E-state index is 0.174. The van der Waals surface area contributed by atoms with Crippen LogP contribution in [0.2, 0.25) is 0 Å². The monoisotopic (exact) mass is 345 g/mol. The van der Waals surface area contributed by atoms with Gasteiger partial charge in [-0.2, -0.15) is 0 Å². The molecule has 0 saturated heterocycles. The zero-order valence-electron chi connectivity index (χ0n) is 14.1. The first kappa shape index (κ1) is 17.2. The highest BCUT2D eigenvalue weighted by Gasteiger charge is 2.21. The molecule has 5 nitrogen and oxygen atoms in total. The molecular formula is C21H19N3O2. The molecule has 2 heterocycles. The van der Waals surface area contributed by atoms with Gasteiger partial charge in [0, 0.05) is 12.4 Å². The van der Waals surface area contributed by atoms with Crippen molar-refractivity contribution in [1.82, 2.24) is 14.5 Å². The Bertz CT molecular complexity index is 860. The number of carboxylic acid groups (broad SMARTS) is 1. The molecule has 2 N–H and O–H groups in total. The van der Waals surface area contributed by atoms with E-state index in [2.05, 4.69) is 9.97 Å². The summed E-state index contributed by atoms with van der Waals surface area (Å²) in [5.74, 6) is -0.982. The summed E-state index contributed by atoms with van der Waals surface area (Å²) >= 11 is 0. The number of rotatable bonds is 4. The number of aromatic carboxylic acids is 1. The highest BCUT2D eigenvalue weighted by Crippen LogP contribution is 2.27. The van der Waals surface area contributed by atoms with Gasteiger partial charge >= 0.3 is 5.97 Å². The highest BCUT2D eigenvalue weighted by atomic mass is 16.4. The van der Waals surface area contributed by atoms with E-state index >= 15 is 0 Å². The van der Waals surface area contributed by atoms with Crippen molar-refractivity contribution in [3.8, 4) is 0 Å². The van der Waals surface area contributed by atoms with E-state index < -0.39 is 5.97 Å². The Morgan fingerprint density at radius 1 is 0.885 bits per heavy atom. The molecule has 2 aromatic heterocycles. The van der Waals surface area contributed by atoms with Crippen LogP contribution in [-0.2, 0) is 0 Å². The van der Waals surface area contributed by atoms with Crippen LogP contribution in [0.3, 0.4) is 0 Å². The van der Waals surface area contributed by atoms with E-state index in [9.17, 15) is 9.90 Å². The van der Waals surface area contributed by atoms with Gasteiger partial charge in [0.2, 0.25) is 0 Å². The van der Waals surface area contributed by atoms with Gasteiger partial charge in [-0.25, -0.2) is 9.78 Å². The molecule has 0 amide bonds. The standard InChI is InChI=1S/C17H14N2O2.C4H5N/c20-17(21)15-11-18-12-19(15)16(13-7-3-1-4-8-13)14-9-5-2-6-10-14;1-2-4-5-3-1/h1-12,16H,(H,20,21);1-5H. The molecule has 0 aliphatic heterocycles. The number of nitrogens with one attached hydrogen (secondary N) is 1. The van der Waals surface area contributed by atoms with E-state index in [-0.39, 0.29) is 11.7 Å². The molecule has 0 atom stereocenters. The molecule has 0 aliphatic rings. The number of hydrogen-bond acceptors (Lipinski definition) is 2. The smallest absolute Gasteiger partial charge is 0.354 e. The van der Waals surface area contributed by atoms with Crippen molar-refractivity contribution in [3.05, 3.63) is 115 Å². The molecule has 26 heavy (non-hydrogen) atoms. The average Bonchev–Trinajstić information content (AvgIpc) is 3.39. The molecule has 4 rings (SSSR count). The lowest BCUT2D eigenvalue weighted by molar-refractivity contribution is 0.0684. The van der Waals surface area contributed by atoms with Gasteiger partial charge < -0.3 is 14.7 Å². The number of aromatic amines is 1. The maximum absolute atomic E-state index is 11.4. The third-order valence-electron chi connectivity index (χ3n) is 3.89. The zero-order valence-corrected chi connectivity index (χ0v) is 14.1. The van der Waals surface area contributed by atoms with E-state index in [1.54, 1.807) is 10.9 Å². The molecule has 0 bridgehead atoms. The topological polar surface area (TPSA) is 70.9 Å². The van der Waals surface area contributed by atoms with Crippen molar-refractivity contribution in [2.24, 2.45) is 0 Å². The number of nitrogens with zero attached hydrogens (tertiary/aromatic N) is 2. The van der Waals surface area contributed by atoms with E-state index in [1.165, 1.54) is 6.20 Å². The second-order valence-electron chi connectivity index (χ2n) is 5.60. The third kappa shape index (κ3) is 4.08. The molecule has 130 valence electrons. The summed E-state index contributed by atoms with van der Waals surface area (Å²) < 4.78 is 1.69. The summed E-state index contributed by atoms with van der Waals surface area (Å²) in [6, 6.07) is 23.3. The van der Waals surface area contributed by atoms with Gasteiger partial charge in [-0.15, -0.1) is 0 Å². The first-order chi connectivity index (χ1) is 12.8. The van der Waals surface area contributed by atoms with Crippen molar-refractivity contribution >= 4 is 5.97 Å². The lowest BCUT2D eigenvalue weighted by Gasteiger charge is -2.21. The van der Waals surface area contributed by atoms with Crippen molar-refractivity contribution in [1.29, 1.82) is 0 Å². The molecule has 0 saturated carbocycles. The van der Waals surface area contributed by atoms with Crippen LogP contribution in [0, 0.1) is 0 Å². The number of benzene rings is 2. The molecule has 4 aromatic rings. The molecular weight excluding hydrogens is 326 g/mol. The van der Waals surface area contributed by atoms with Gasteiger partial charge in [0.15, 0.2) is 0 Å². The Hall–Kier alpha value is -3.60. The Morgan fingerprint density at radius 2 is 1.42 bits per heavy atom. The normalized spacial score (nSPS) is 10.2. The van der Waals surface area contributed by atoms with Gasteiger partial charge in [0.05, 0.1) is 18.6 Å². The average molecular weight is 345 g/mol. The Kier molecular flexibility index (Phi) is 5.62. The predicted octanol–water partition coefficient (Wildman–Crippen LogP) is 4.23. The van der Waals surface area contributed by atoms with E-state index in [1.807, 2.05) is 85.2 Å². The van der Waals surface area contributed by atoms with Crippen LogP contribution in [0.25, 0.3) is 0 Å². The summed E-state index contributed by atoms with van der Waals surface area (Å²) in [6.07, 6.45) is 6.69. The fourth-order valence-corrected chi connectivity index (χ4v) is 2.74. The molecule has 0 unspecified atom stereocenters. The summed E-state index contributed by atoms with van der Waals surface area (Å²) in [4.78, 5) is 18.2. The van der Waals surface area contributed by atoms with Crippen LogP contribution < -0.4 is 0 Å². The largest absolute Gasteiger partial charge is 0.477 e. The fraction of sp³-hybridized carbons (Fsp3) is 0.0476. The highest BCUT2D eigenvalue weighted by molar-refractivity contribution is 5.85. The second kappa shape index (κ2) is 8.48. The fourth-order valence-electron chi connectivity index (χ4n) is 2.74. The van der Waals surface area contributed by atoms with E-state index in [0.717, 1.165) is 11.1 Å². The number of imidazole rings is 1. The van der Waals surface area contributed by atoms with E-state index in [0.29, 0.717) is 0 Å². The minimum Gasteiger partial charge on any atom is -0.477 e. The Balaban J connectivity index is 0.000000339. The zero-order chi connectivity index (χ0) is 18.2. The quantitative estimate of drug-likeness (QED) is 0.581. The number of aromatic nitrogens is 3. The van der Waals surface area contributed by atoms with Crippen molar-refractivity contribution < 1.29 is 9.90 Å². The maximum Gasteiger partial charge on any atom is 0.354 e. The molecule has 0 fully saturated rings. The first-order valence-electron chi connectivity index (χ1n) is 8.20. The van der Waals surface area contributed by atoms with E-state index in [4.69, 9.17) is 0 Å². The number of hydrogen-bond donors (Lipinski definition) is 2. The van der Waals surface area contributed by atoms with Crippen LogP contribution in [0.1, 0.15) is 27.7 Å². The van der Waals surface area contributed by atoms with Gasteiger partial charge in [0.1, 0.15) is 5.69 Å². The third-order valence-corrected chi connectivity index (χ3v) is 3.89. The van der Waals surface area contributed by atoms with Crippen molar-refractivity contribution in [2.75, 3.05) is 0 Å². The number of carbonyl (C=O) groups is 1. The van der Waals surface area contributed by atoms with Gasteiger partial charge in [-0.05, 0) is 23.3 Å². The van der Waals surface area contributed by atoms with Crippen LogP contribution >= 0.6 is 0 Å². The summed E-state index contributed by atoms with van der Waals surface area (Å²) in [6.45, 7) is 0. The molecule has 5 heteroatoms. The number of carboxylic acids is 1. The summed E-state index contributed by atoms with van der Waals surface area (Å²) in [5.41, 5.74) is 2.21. The predicted molar refractivity (Wildman–Crippen MR) is 100 cm³/mol.